The Morgan fingerprint density at radius 3 is 2.89 bits per heavy atom. The summed E-state index contributed by atoms with van der Waals surface area (Å²) in [7, 11) is 1.50. The normalized spacial score (nSPS) is 13.7. The number of methoxy groups -OCH3 is 1. The first-order valence-corrected chi connectivity index (χ1v) is 8.25. The number of nitrogens with one attached hydrogen (secondary N) is 3. The van der Waals surface area contributed by atoms with Gasteiger partial charge in [-0.05, 0) is 36.4 Å². The van der Waals surface area contributed by atoms with E-state index in [1.807, 2.05) is 0 Å². The van der Waals surface area contributed by atoms with Crippen molar-refractivity contribution in [2.75, 3.05) is 30.4 Å². The molecule has 0 saturated carbocycles. The molecule has 0 bridgehead atoms. The predicted octanol–water partition coefficient (Wildman–Crippen LogP) is 2.49. The predicted molar refractivity (Wildman–Crippen MR) is 97.7 cm³/mol. The number of anilines is 2. The van der Waals surface area contributed by atoms with Gasteiger partial charge in [0.15, 0.2) is 0 Å². The summed E-state index contributed by atoms with van der Waals surface area (Å²) in [4.78, 5) is 32.9. The van der Waals surface area contributed by atoms with Gasteiger partial charge < -0.3 is 20.4 Å². The van der Waals surface area contributed by atoms with Gasteiger partial charge in [0.25, 0.3) is 11.9 Å². The van der Waals surface area contributed by atoms with Crippen molar-refractivity contribution in [2.24, 2.45) is 0 Å². The van der Waals surface area contributed by atoms with Crippen LogP contribution in [0, 0.1) is 5.82 Å². The molecule has 2 heterocycles. The first-order valence-electron chi connectivity index (χ1n) is 8.25. The minimum atomic E-state index is -0.667. The fourth-order valence-electron chi connectivity index (χ4n) is 2.93. The average Bonchev–Trinajstić information content (AvgIpc) is 3.27. The van der Waals surface area contributed by atoms with Gasteiger partial charge in [-0.25, -0.2) is 9.18 Å². The highest BCUT2D eigenvalue weighted by molar-refractivity contribution is 6.06. The summed E-state index contributed by atoms with van der Waals surface area (Å²) < 4.78 is 19.2. The van der Waals surface area contributed by atoms with Crippen molar-refractivity contribution in [1.82, 2.24) is 15.3 Å². The Labute approximate surface area is 153 Å². The number of imidazole rings is 1. The zero-order valence-corrected chi connectivity index (χ0v) is 14.4. The molecule has 8 nitrogen and oxygen atoms in total. The van der Waals surface area contributed by atoms with Gasteiger partial charge in [0, 0.05) is 24.5 Å². The van der Waals surface area contributed by atoms with Crippen molar-refractivity contribution in [2.45, 2.75) is 0 Å². The molecule has 0 unspecified atom stereocenters. The number of benzene rings is 2. The molecule has 2 aromatic carbocycles. The molecule has 1 fully saturated rings. The number of carbonyl (C=O) groups is 2. The number of H-pyrrole nitrogens is 1. The number of aromatic amines is 1. The summed E-state index contributed by atoms with van der Waals surface area (Å²) in [5.41, 5.74) is 2.15. The number of ether oxygens (including phenoxy) is 1. The first-order chi connectivity index (χ1) is 13.0. The van der Waals surface area contributed by atoms with Gasteiger partial charge in [-0.1, -0.05) is 0 Å². The first kappa shape index (κ1) is 16.8. The third kappa shape index (κ3) is 3.14. The van der Waals surface area contributed by atoms with Crippen LogP contribution in [0.4, 0.5) is 20.6 Å². The highest BCUT2D eigenvalue weighted by atomic mass is 19.1. The number of amides is 3. The topological polar surface area (TPSA) is 99.3 Å². The molecule has 4 rings (SSSR count). The number of halogens is 1. The zero-order valence-electron chi connectivity index (χ0n) is 14.4. The summed E-state index contributed by atoms with van der Waals surface area (Å²) in [5.74, 6) is -1.28. The fourth-order valence-corrected chi connectivity index (χ4v) is 2.93. The Morgan fingerprint density at radius 1 is 1.30 bits per heavy atom. The van der Waals surface area contributed by atoms with Crippen LogP contribution in [0.2, 0.25) is 0 Å². The van der Waals surface area contributed by atoms with Crippen molar-refractivity contribution in [3.05, 3.63) is 47.8 Å². The van der Waals surface area contributed by atoms with Gasteiger partial charge in [0.2, 0.25) is 0 Å². The van der Waals surface area contributed by atoms with Crippen molar-refractivity contribution in [1.29, 1.82) is 0 Å². The van der Waals surface area contributed by atoms with E-state index in [0.717, 1.165) is 0 Å². The summed E-state index contributed by atoms with van der Waals surface area (Å²) in [6.07, 6.45) is 0. The quantitative estimate of drug-likeness (QED) is 0.658. The maximum Gasteiger partial charge on any atom is 0.321 e. The molecule has 1 aliphatic heterocycles. The van der Waals surface area contributed by atoms with Gasteiger partial charge in [-0.2, -0.15) is 4.98 Å². The van der Waals surface area contributed by atoms with Crippen molar-refractivity contribution >= 4 is 34.3 Å². The third-order valence-corrected chi connectivity index (χ3v) is 4.27. The van der Waals surface area contributed by atoms with Crippen molar-refractivity contribution in [3.63, 3.8) is 0 Å². The molecule has 0 radical (unpaired) electrons. The number of nitrogens with zero attached hydrogens (tertiary/aromatic N) is 2. The molecular formula is C18H16FN5O3. The third-order valence-electron chi connectivity index (χ3n) is 4.27. The Morgan fingerprint density at radius 2 is 2.15 bits per heavy atom. The minimum Gasteiger partial charge on any atom is -0.468 e. The van der Waals surface area contributed by atoms with E-state index in [0.29, 0.717) is 41.5 Å². The molecule has 0 aliphatic carbocycles. The number of urea groups is 1. The van der Waals surface area contributed by atoms with Crippen LogP contribution in [0.15, 0.2) is 36.4 Å². The highest BCUT2D eigenvalue weighted by Crippen LogP contribution is 2.23. The smallest absolute Gasteiger partial charge is 0.321 e. The van der Waals surface area contributed by atoms with Gasteiger partial charge in [-0.3, -0.25) is 9.69 Å². The lowest BCUT2D eigenvalue weighted by atomic mass is 10.1. The number of carbonyl (C=O) groups excluding carboxylic acids is 2. The van der Waals surface area contributed by atoms with Crippen LogP contribution in [-0.2, 0) is 0 Å². The average molecular weight is 369 g/mol. The molecular weight excluding hydrogens is 353 g/mol. The molecule has 0 atom stereocenters. The molecule has 1 aromatic heterocycles. The van der Waals surface area contributed by atoms with Crippen LogP contribution < -0.4 is 20.3 Å². The summed E-state index contributed by atoms with van der Waals surface area (Å²) in [6.45, 7) is 0.968. The Bertz CT molecular complexity index is 1050. The molecule has 1 aliphatic rings. The maximum absolute atomic E-state index is 14.2. The minimum absolute atomic E-state index is 0.144. The van der Waals surface area contributed by atoms with E-state index in [4.69, 9.17) is 4.74 Å². The number of hydrogen-bond acceptors (Lipinski definition) is 4. The van der Waals surface area contributed by atoms with E-state index in [1.165, 1.54) is 30.2 Å². The lowest BCUT2D eigenvalue weighted by Gasteiger charge is -2.15. The molecule has 3 N–H and O–H groups in total. The molecule has 27 heavy (non-hydrogen) atoms. The van der Waals surface area contributed by atoms with E-state index >= 15 is 0 Å². The number of rotatable bonds is 4. The molecule has 3 aromatic rings. The largest absolute Gasteiger partial charge is 0.468 e. The number of hydrogen-bond donors (Lipinski definition) is 3. The second-order valence-corrected chi connectivity index (χ2v) is 5.98. The highest BCUT2D eigenvalue weighted by Gasteiger charge is 2.23. The van der Waals surface area contributed by atoms with Crippen LogP contribution in [0.1, 0.15) is 10.4 Å². The van der Waals surface area contributed by atoms with Gasteiger partial charge in [-0.15, -0.1) is 0 Å². The molecule has 9 heteroatoms. The number of aromatic nitrogens is 2. The summed E-state index contributed by atoms with van der Waals surface area (Å²) in [6, 6.07) is 9.16. The fraction of sp³-hybridized carbons (Fsp3) is 0.167. The van der Waals surface area contributed by atoms with E-state index in [-0.39, 0.29) is 11.6 Å². The molecule has 0 spiro atoms. The van der Waals surface area contributed by atoms with Crippen molar-refractivity contribution < 1.29 is 18.7 Å². The summed E-state index contributed by atoms with van der Waals surface area (Å²) >= 11 is 0. The Hall–Kier alpha value is -3.62. The Balaban J connectivity index is 1.60. The SMILES string of the molecule is COc1nc2ccc(NC(=O)c3cc(N4CCNC4=O)ccc3F)cc2[nH]1. The van der Waals surface area contributed by atoms with Crippen LogP contribution in [0.5, 0.6) is 6.01 Å². The zero-order chi connectivity index (χ0) is 19.0. The maximum atomic E-state index is 14.2. The lowest BCUT2D eigenvalue weighted by molar-refractivity contribution is 0.102. The Kier molecular flexibility index (Phi) is 4.11. The van der Waals surface area contributed by atoms with E-state index in [1.54, 1.807) is 18.2 Å². The van der Waals surface area contributed by atoms with Crippen LogP contribution in [0.25, 0.3) is 11.0 Å². The monoisotopic (exact) mass is 369 g/mol. The van der Waals surface area contributed by atoms with E-state index in [9.17, 15) is 14.0 Å². The second kappa shape index (κ2) is 6.60. The van der Waals surface area contributed by atoms with Crippen LogP contribution >= 0.6 is 0 Å². The van der Waals surface area contributed by atoms with Crippen LogP contribution in [-0.4, -0.2) is 42.1 Å². The standard InChI is InChI=1S/C18H16FN5O3/c1-27-17-22-14-5-2-10(8-15(14)23-17)21-16(25)12-9-11(3-4-13(12)19)24-7-6-20-18(24)26/h2-5,8-9H,6-7H2,1H3,(H,20,26)(H,21,25)(H,22,23). The molecule has 3 amide bonds. The lowest BCUT2D eigenvalue weighted by Crippen LogP contribution is -2.28. The summed E-state index contributed by atoms with van der Waals surface area (Å²) in [5, 5.41) is 5.33. The molecule has 138 valence electrons. The molecule has 1 saturated heterocycles. The van der Waals surface area contributed by atoms with E-state index in [2.05, 4.69) is 20.6 Å². The van der Waals surface area contributed by atoms with Gasteiger partial charge >= 0.3 is 6.03 Å². The number of fused-ring (bicyclic) bond motifs is 1. The van der Waals surface area contributed by atoms with Gasteiger partial charge in [0.1, 0.15) is 5.82 Å². The second-order valence-electron chi connectivity index (χ2n) is 5.98. The van der Waals surface area contributed by atoms with Crippen LogP contribution in [0.3, 0.4) is 0 Å². The van der Waals surface area contributed by atoms with E-state index < -0.39 is 11.7 Å². The van der Waals surface area contributed by atoms with Crippen molar-refractivity contribution in [3.8, 4) is 6.01 Å². The van der Waals surface area contributed by atoms with Gasteiger partial charge in [0.05, 0.1) is 23.7 Å².